The summed E-state index contributed by atoms with van der Waals surface area (Å²) in [7, 11) is 1.54. The zero-order valence-electron chi connectivity index (χ0n) is 10.6. The molecule has 0 saturated heterocycles. The third-order valence-corrected chi connectivity index (χ3v) is 3.74. The Bertz CT molecular complexity index is 428. The molecule has 1 aromatic carbocycles. The number of phenolic OH excluding ortho intramolecular Hbond substituents is 1. The Kier molecular flexibility index (Phi) is 4.42. The second-order valence-corrected chi connectivity index (χ2v) is 5.07. The van der Waals surface area contributed by atoms with E-state index in [2.05, 4.69) is 5.32 Å². The first kappa shape index (κ1) is 13.1. The largest absolute Gasteiger partial charge is 0.504 e. The van der Waals surface area contributed by atoms with Gasteiger partial charge in [0.15, 0.2) is 11.5 Å². The molecule has 0 unspecified atom stereocenters. The molecule has 0 atom stereocenters. The predicted molar refractivity (Wildman–Crippen MR) is 76.4 cm³/mol. The topological polar surface area (TPSA) is 41.5 Å². The average molecular weight is 265 g/mol. The molecule has 0 spiro atoms. The summed E-state index contributed by atoms with van der Waals surface area (Å²) in [5.74, 6) is 0.577. The average Bonchev–Trinajstić information content (AvgIpc) is 2.40. The minimum Gasteiger partial charge on any atom is -0.504 e. The lowest BCUT2D eigenvalue weighted by Gasteiger charge is -2.24. The molecule has 3 nitrogen and oxygen atoms in total. The molecule has 1 aliphatic carbocycles. The van der Waals surface area contributed by atoms with Crippen LogP contribution < -0.4 is 10.1 Å². The normalized spacial score (nSPS) is 16.3. The van der Waals surface area contributed by atoms with Crippen LogP contribution in [0.15, 0.2) is 18.2 Å². The van der Waals surface area contributed by atoms with Gasteiger partial charge in [0.1, 0.15) is 4.99 Å². The highest BCUT2D eigenvalue weighted by atomic mass is 32.1. The van der Waals surface area contributed by atoms with Crippen LogP contribution in [0, 0.1) is 0 Å². The van der Waals surface area contributed by atoms with E-state index in [1.54, 1.807) is 6.07 Å². The summed E-state index contributed by atoms with van der Waals surface area (Å²) in [5.41, 5.74) is 0.648. The molecular weight excluding hydrogens is 246 g/mol. The van der Waals surface area contributed by atoms with E-state index >= 15 is 0 Å². The van der Waals surface area contributed by atoms with Crippen LogP contribution in [-0.4, -0.2) is 23.2 Å². The van der Waals surface area contributed by atoms with Crippen LogP contribution in [-0.2, 0) is 0 Å². The summed E-state index contributed by atoms with van der Waals surface area (Å²) < 4.78 is 5.09. The monoisotopic (exact) mass is 265 g/mol. The van der Waals surface area contributed by atoms with Gasteiger partial charge in [0.2, 0.25) is 0 Å². The molecule has 4 heteroatoms. The zero-order valence-corrected chi connectivity index (χ0v) is 11.4. The molecule has 0 aromatic heterocycles. The van der Waals surface area contributed by atoms with Crippen molar-refractivity contribution in [2.45, 2.75) is 38.1 Å². The maximum Gasteiger partial charge on any atom is 0.168 e. The van der Waals surface area contributed by atoms with E-state index in [0.29, 0.717) is 22.3 Å². The lowest BCUT2D eigenvalue weighted by Crippen LogP contribution is -2.35. The van der Waals surface area contributed by atoms with Gasteiger partial charge in [0, 0.05) is 6.04 Å². The smallest absolute Gasteiger partial charge is 0.168 e. The summed E-state index contributed by atoms with van der Waals surface area (Å²) >= 11 is 5.37. The molecule has 0 amide bonds. The van der Waals surface area contributed by atoms with Crippen LogP contribution in [0.2, 0.25) is 0 Å². The third-order valence-electron chi connectivity index (χ3n) is 3.40. The number of ether oxygens (including phenoxy) is 1. The first-order chi connectivity index (χ1) is 8.72. The molecule has 1 aromatic rings. The van der Waals surface area contributed by atoms with E-state index in [1.807, 2.05) is 12.1 Å². The number of benzene rings is 1. The maximum atomic E-state index is 10.0. The second kappa shape index (κ2) is 6.05. The molecule has 0 heterocycles. The quantitative estimate of drug-likeness (QED) is 0.824. The van der Waals surface area contributed by atoms with E-state index in [4.69, 9.17) is 17.0 Å². The number of aromatic hydroxyl groups is 1. The summed E-state index contributed by atoms with van der Waals surface area (Å²) in [6, 6.07) is 5.82. The van der Waals surface area contributed by atoms with Gasteiger partial charge in [-0.15, -0.1) is 0 Å². The third kappa shape index (κ3) is 2.93. The fraction of sp³-hybridized carbons (Fsp3) is 0.500. The van der Waals surface area contributed by atoms with Gasteiger partial charge in [-0.1, -0.05) is 37.5 Å². The van der Waals surface area contributed by atoms with Crippen molar-refractivity contribution in [1.82, 2.24) is 5.32 Å². The number of nitrogens with one attached hydrogen (secondary N) is 1. The number of thiocarbonyl (C=S) groups is 1. The summed E-state index contributed by atoms with van der Waals surface area (Å²) in [6.07, 6.45) is 6.14. The molecule has 18 heavy (non-hydrogen) atoms. The van der Waals surface area contributed by atoms with Crippen molar-refractivity contribution in [3.8, 4) is 11.5 Å². The Balaban J connectivity index is 2.08. The van der Waals surface area contributed by atoms with Crippen molar-refractivity contribution in [2.24, 2.45) is 0 Å². The maximum absolute atomic E-state index is 10.0. The van der Waals surface area contributed by atoms with Gasteiger partial charge in [-0.2, -0.15) is 0 Å². The van der Waals surface area contributed by atoms with Crippen LogP contribution in [0.1, 0.15) is 37.7 Å². The van der Waals surface area contributed by atoms with E-state index in [-0.39, 0.29) is 5.75 Å². The molecule has 98 valence electrons. The predicted octanol–water partition coefficient (Wildman–Crippen LogP) is 3.00. The molecule has 0 aliphatic heterocycles. The molecule has 0 radical (unpaired) electrons. The summed E-state index contributed by atoms with van der Waals surface area (Å²) in [6.45, 7) is 0. The van der Waals surface area contributed by atoms with Crippen molar-refractivity contribution in [2.75, 3.05) is 7.11 Å². The van der Waals surface area contributed by atoms with Crippen molar-refractivity contribution in [3.63, 3.8) is 0 Å². The van der Waals surface area contributed by atoms with E-state index < -0.39 is 0 Å². The van der Waals surface area contributed by atoms with Gasteiger partial charge in [-0.25, -0.2) is 0 Å². The van der Waals surface area contributed by atoms with Crippen LogP contribution in [0.3, 0.4) is 0 Å². The van der Waals surface area contributed by atoms with Gasteiger partial charge in [-0.05, 0) is 25.0 Å². The molecule has 1 saturated carbocycles. The Hall–Kier alpha value is -1.29. The molecule has 0 bridgehead atoms. The Labute approximate surface area is 113 Å². The number of rotatable bonds is 3. The van der Waals surface area contributed by atoms with Crippen molar-refractivity contribution in [1.29, 1.82) is 0 Å². The Morgan fingerprint density at radius 1 is 1.33 bits per heavy atom. The number of phenols is 1. The van der Waals surface area contributed by atoms with Crippen LogP contribution in [0.25, 0.3) is 0 Å². The number of hydrogen-bond acceptors (Lipinski definition) is 3. The van der Waals surface area contributed by atoms with Gasteiger partial charge in [-0.3, -0.25) is 0 Å². The van der Waals surface area contributed by atoms with E-state index in [1.165, 1.54) is 26.4 Å². The Morgan fingerprint density at radius 3 is 2.72 bits per heavy atom. The number of hydrogen-bond donors (Lipinski definition) is 2. The standard InChI is InChI=1S/C14H19NO2S/c1-17-12-9-5-8-11(13(12)16)14(18)15-10-6-3-2-4-7-10/h5,8-10,16H,2-4,6-7H2,1H3,(H,15,18). The van der Waals surface area contributed by atoms with Crippen LogP contribution >= 0.6 is 12.2 Å². The number of para-hydroxylation sites is 1. The van der Waals surface area contributed by atoms with Gasteiger partial charge < -0.3 is 15.2 Å². The zero-order chi connectivity index (χ0) is 13.0. The lowest BCUT2D eigenvalue weighted by atomic mass is 9.95. The summed E-state index contributed by atoms with van der Waals surface area (Å²) in [5, 5.41) is 13.4. The van der Waals surface area contributed by atoms with Crippen molar-refractivity contribution >= 4 is 17.2 Å². The minimum atomic E-state index is 0.119. The molecule has 1 fully saturated rings. The fourth-order valence-electron chi connectivity index (χ4n) is 2.38. The van der Waals surface area contributed by atoms with Gasteiger partial charge in [0.05, 0.1) is 12.7 Å². The molecular formula is C14H19NO2S. The second-order valence-electron chi connectivity index (χ2n) is 4.66. The fourth-order valence-corrected chi connectivity index (χ4v) is 2.71. The highest BCUT2D eigenvalue weighted by Gasteiger charge is 2.17. The molecule has 1 aliphatic rings. The van der Waals surface area contributed by atoms with E-state index in [9.17, 15) is 5.11 Å². The summed E-state index contributed by atoms with van der Waals surface area (Å²) in [4.78, 5) is 0.610. The minimum absolute atomic E-state index is 0.119. The Morgan fingerprint density at radius 2 is 2.06 bits per heavy atom. The first-order valence-corrected chi connectivity index (χ1v) is 6.80. The highest BCUT2D eigenvalue weighted by molar-refractivity contribution is 7.80. The van der Waals surface area contributed by atoms with Gasteiger partial charge >= 0.3 is 0 Å². The number of methoxy groups -OCH3 is 1. The molecule has 2 rings (SSSR count). The lowest BCUT2D eigenvalue weighted by molar-refractivity contribution is 0.372. The van der Waals surface area contributed by atoms with Gasteiger partial charge in [0.25, 0.3) is 0 Å². The van der Waals surface area contributed by atoms with E-state index in [0.717, 1.165) is 12.8 Å². The van der Waals surface area contributed by atoms with Crippen LogP contribution in [0.4, 0.5) is 0 Å². The van der Waals surface area contributed by atoms with Crippen molar-refractivity contribution in [3.05, 3.63) is 23.8 Å². The first-order valence-electron chi connectivity index (χ1n) is 6.39. The highest BCUT2D eigenvalue weighted by Crippen LogP contribution is 2.30. The molecule has 2 N–H and O–H groups in total. The SMILES string of the molecule is COc1cccc(C(=S)NC2CCCCC2)c1O. The van der Waals surface area contributed by atoms with Crippen LogP contribution in [0.5, 0.6) is 11.5 Å². The van der Waals surface area contributed by atoms with Crippen molar-refractivity contribution < 1.29 is 9.84 Å².